The Kier molecular flexibility index (Phi) is 3.34. The number of aromatic carboxylic acids is 1. The second-order valence-electron chi connectivity index (χ2n) is 2.75. The highest BCUT2D eigenvalue weighted by Gasteiger charge is 2.10. The Hall–Kier alpha value is -1.71. The molecule has 14 heavy (non-hydrogen) atoms. The van der Waals surface area contributed by atoms with E-state index in [-0.39, 0.29) is 5.56 Å². The summed E-state index contributed by atoms with van der Waals surface area (Å²) >= 11 is 0. The van der Waals surface area contributed by atoms with Gasteiger partial charge in [0.15, 0.2) is 0 Å². The van der Waals surface area contributed by atoms with Gasteiger partial charge in [-0.25, -0.2) is 4.79 Å². The number of hydrogen-bond donors (Lipinski definition) is 2. The fourth-order valence-corrected chi connectivity index (χ4v) is 1.19. The second-order valence-corrected chi connectivity index (χ2v) is 2.75. The second kappa shape index (κ2) is 4.50. The van der Waals surface area contributed by atoms with Gasteiger partial charge in [0.1, 0.15) is 11.3 Å². The summed E-state index contributed by atoms with van der Waals surface area (Å²) in [5.74, 6) is -0.610. The molecule has 0 spiro atoms. The third kappa shape index (κ3) is 2.16. The third-order valence-electron chi connectivity index (χ3n) is 1.81. The van der Waals surface area contributed by atoms with Crippen LogP contribution in [0, 0.1) is 0 Å². The molecular formula is C10H13NO3. The van der Waals surface area contributed by atoms with Crippen molar-refractivity contribution < 1.29 is 14.6 Å². The van der Waals surface area contributed by atoms with Crippen LogP contribution in [0.1, 0.15) is 17.3 Å². The van der Waals surface area contributed by atoms with Crippen LogP contribution in [0.2, 0.25) is 0 Å². The van der Waals surface area contributed by atoms with E-state index in [9.17, 15) is 4.79 Å². The number of anilines is 1. The van der Waals surface area contributed by atoms with E-state index >= 15 is 0 Å². The number of methoxy groups -OCH3 is 1. The Morgan fingerprint density at radius 1 is 1.57 bits per heavy atom. The van der Waals surface area contributed by atoms with Gasteiger partial charge in [0.2, 0.25) is 0 Å². The van der Waals surface area contributed by atoms with E-state index in [1.807, 2.05) is 6.92 Å². The summed E-state index contributed by atoms with van der Waals surface area (Å²) in [6.45, 7) is 2.70. The fraction of sp³-hybridized carbons (Fsp3) is 0.300. The van der Waals surface area contributed by atoms with Crippen LogP contribution in [0.4, 0.5) is 5.69 Å². The minimum absolute atomic E-state index is 0.172. The molecule has 0 heterocycles. The predicted octanol–water partition coefficient (Wildman–Crippen LogP) is 1.83. The molecule has 0 saturated carbocycles. The van der Waals surface area contributed by atoms with Crippen molar-refractivity contribution in [2.24, 2.45) is 0 Å². The molecule has 0 atom stereocenters. The Labute approximate surface area is 82.5 Å². The average Bonchev–Trinajstić information content (AvgIpc) is 2.18. The first-order valence-electron chi connectivity index (χ1n) is 4.34. The van der Waals surface area contributed by atoms with Gasteiger partial charge in [-0.3, -0.25) is 0 Å². The van der Waals surface area contributed by atoms with Gasteiger partial charge in [0.25, 0.3) is 0 Å². The summed E-state index contributed by atoms with van der Waals surface area (Å²) in [6, 6.07) is 4.99. The van der Waals surface area contributed by atoms with Gasteiger partial charge in [-0.05, 0) is 25.1 Å². The van der Waals surface area contributed by atoms with Crippen molar-refractivity contribution in [3.63, 3.8) is 0 Å². The standard InChI is InChI=1S/C10H13NO3/c1-3-11-7-4-5-9(14-2)8(6-7)10(12)13/h4-6,11H,3H2,1-2H3,(H,12,13). The summed E-state index contributed by atoms with van der Waals surface area (Å²) in [5.41, 5.74) is 0.955. The molecule has 0 aliphatic heterocycles. The lowest BCUT2D eigenvalue weighted by molar-refractivity contribution is 0.0693. The van der Waals surface area contributed by atoms with Gasteiger partial charge < -0.3 is 15.2 Å². The van der Waals surface area contributed by atoms with Crippen molar-refractivity contribution in [3.8, 4) is 5.75 Å². The monoisotopic (exact) mass is 195 g/mol. The van der Waals surface area contributed by atoms with Gasteiger partial charge in [-0.15, -0.1) is 0 Å². The van der Waals surface area contributed by atoms with Crippen molar-refractivity contribution in [1.29, 1.82) is 0 Å². The zero-order valence-electron chi connectivity index (χ0n) is 8.20. The van der Waals surface area contributed by atoms with E-state index in [0.29, 0.717) is 5.75 Å². The summed E-state index contributed by atoms with van der Waals surface area (Å²) in [5, 5.41) is 11.9. The first-order valence-corrected chi connectivity index (χ1v) is 4.34. The van der Waals surface area contributed by atoms with Gasteiger partial charge in [-0.2, -0.15) is 0 Å². The van der Waals surface area contributed by atoms with Crippen LogP contribution in [-0.2, 0) is 0 Å². The predicted molar refractivity (Wildman–Crippen MR) is 54.1 cm³/mol. The van der Waals surface area contributed by atoms with E-state index in [1.165, 1.54) is 7.11 Å². The Morgan fingerprint density at radius 2 is 2.29 bits per heavy atom. The zero-order valence-corrected chi connectivity index (χ0v) is 8.20. The van der Waals surface area contributed by atoms with Gasteiger partial charge in [0, 0.05) is 12.2 Å². The zero-order chi connectivity index (χ0) is 10.6. The topological polar surface area (TPSA) is 58.6 Å². The lowest BCUT2D eigenvalue weighted by Gasteiger charge is -2.08. The van der Waals surface area contributed by atoms with Gasteiger partial charge >= 0.3 is 5.97 Å². The number of nitrogens with one attached hydrogen (secondary N) is 1. The molecule has 1 aromatic carbocycles. The molecule has 1 aromatic rings. The van der Waals surface area contributed by atoms with Crippen molar-refractivity contribution >= 4 is 11.7 Å². The number of carbonyl (C=O) groups is 1. The van der Waals surface area contributed by atoms with E-state index in [1.54, 1.807) is 18.2 Å². The molecule has 1 rings (SSSR count). The molecule has 0 fully saturated rings. The van der Waals surface area contributed by atoms with Gasteiger partial charge in [-0.1, -0.05) is 0 Å². The lowest BCUT2D eigenvalue weighted by Crippen LogP contribution is -2.03. The SMILES string of the molecule is CCNc1ccc(OC)c(C(=O)O)c1. The number of rotatable bonds is 4. The van der Waals surface area contributed by atoms with E-state index in [2.05, 4.69) is 5.32 Å². The van der Waals surface area contributed by atoms with E-state index < -0.39 is 5.97 Å². The van der Waals surface area contributed by atoms with Crippen LogP contribution in [-0.4, -0.2) is 24.7 Å². The molecule has 0 aliphatic carbocycles. The van der Waals surface area contributed by atoms with Crippen LogP contribution in [0.25, 0.3) is 0 Å². The molecule has 0 unspecified atom stereocenters. The highest BCUT2D eigenvalue weighted by Crippen LogP contribution is 2.22. The number of hydrogen-bond acceptors (Lipinski definition) is 3. The third-order valence-corrected chi connectivity index (χ3v) is 1.81. The van der Waals surface area contributed by atoms with Crippen LogP contribution in [0.15, 0.2) is 18.2 Å². The van der Waals surface area contributed by atoms with Crippen LogP contribution in [0.5, 0.6) is 5.75 Å². The maximum Gasteiger partial charge on any atom is 0.339 e. The Bertz CT molecular complexity index is 336. The summed E-state index contributed by atoms with van der Waals surface area (Å²) in [6.07, 6.45) is 0. The molecular weight excluding hydrogens is 182 g/mol. The number of benzene rings is 1. The number of ether oxygens (including phenoxy) is 1. The Balaban J connectivity index is 3.07. The minimum atomic E-state index is -0.985. The van der Waals surface area contributed by atoms with Crippen molar-refractivity contribution in [3.05, 3.63) is 23.8 Å². The molecule has 2 N–H and O–H groups in total. The maximum atomic E-state index is 10.8. The average molecular weight is 195 g/mol. The highest BCUT2D eigenvalue weighted by molar-refractivity contribution is 5.92. The quantitative estimate of drug-likeness (QED) is 0.769. The molecule has 76 valence electrons. The van der Waals surface area contributed by atoms with Crippen LogP contribution < -0.4 is 10.1 Å². The van der Waals surface area contributed by atoms with Crippen molar-refractivity contribution in [2.75, 3.05) is 19.0 Å². The largest absolute Gasteiger partial charge is 0.496 e. The molecule has 4 heteroatoms. The molecule has 0 bridgehead atoms. The minimum Gasteiger partial charge on any atom is -0.496 e. The fourth-order valence-electron chi connectivity index (χ4n) is 1.19. The first-order chi connectivity index (χ1) is 6.69. The van der Waals surface area contributed by atoms with Gasteiger partial charge in [0.05, 0.1) is 7.11 Å². The number of carboxylic acid groups (broad SMARTS) is 1. The summed E-state index contributed by atoms with van der Waals surface area (Å²) in [7, 11) is 1.45. The van der Waals surface area contributed by atoms with Crippen molar-refractivity contribution in [1.82, 2.24) is 0 Å². The first kappa shape index (κ1) is 10.4. The molecule has 0 aliphatic rings. The highest BCUT2D eigenvalue weighted by atomic mass is 16.5. The Morgan fingerprint density at radius 3 is 2.79 bits per heavy atom. The maximum absolute atomic E-state index is 10.8. The van der Waals surface area contributed by atoms with E-state index in [0.717, 1.165) is 12.2 Å². The molecule has 0 amide bonds. The normalized spacial score (nSPS) is 9.57. The van der Waals surface area contributed by atoms with Crippen LogP contribution >= 0.6 is 0 Å². The molecule has 0 aromatic heterocycles. The number of carboxylic acids is 1. The molecule has 0 radical (unpaired) electrons. The summed E-state index contributed by atoms with van der Waals surface area (Å²) < 4.78 is 4.93. The van der Waals surface area contributed by atoms with E-state index in [4.69, 9.17) is 9.84 Å². The molecule has 0 saturated heterocycles. The lowest BCUT2D eigenvalue weighted by atomic mass is 10.2. The summed E-state index contributed by atoms with van der Waals surface area (Å²) in [4.78, 5) is 10.8. The van der Waals surface area contributed by atoms with Crippen molar-refractivity contribution in [2.45, 2.75) is 6.92 Å². The molecule has 4 nitrogen and oxygen atoms in total. The smallest absolute Gasteiger partial charge is 0.339 e. The van der Waals surface area contributed by atoms with Crippen LogP contribution in [0.3, 0.4) is 0 Å².